The van der Waals surface area contributed by atoms with Gasteiger partial charge in [-0.05, 0) is 37.6 Å². The van der Waals surface area contributed by atoms with E-state index in [0.717, 1.165) is 18.8 Å². The minimum absolute atomic E-state index is 0.0690. The molecular weight excluding hydrogens is 336 g/mol. The zero-order chi connectivity index (χ0) is 18.0. The molecule has 1 atom stereocenters. The van der Waals surface area contributed by atoms with Gasteiger partial charge in [0.1, 0.15) is 5.75 Å². The first-order valence-electron chi connectivity index (χ1n) is 8.44. The molecule has 0 spiro atoms. The van der Waals surface area contributed by atoms with Gasteiger partial charge in [-0.25, -0.2) is 0 Å². The van der Waals surface area contributed by atoms with Crippen molar-refractivity contribution in [1.29, 1.82) is 0 Å². The summed E-state index contributed by atoms with van der Waals surface area (Å²) in [5.41, 5.74) is 3.20. The van der Waals surface area contributed by atoms with Gasteiger partial charge in [-0.15, -0.1) is 0 Å². The second kappa shape index (κ2) is 7.46. The number of methoxy groups -OCH3 is 1. The van der Waals surface area contributed by atoms with Crippen LogP contribution < -0.4 is 9.64 Å². The van der Waals surface area contributed by atoms with Crippen LogP contribution in [0, 0.1) is 6.92 Å². The van der Waals surface area contributed by atoms with Crippen LogP contribution in [-0.2, 0) is 11.3 Å². The van der Waals surface area contributed by atoms with Gasteiger partial charge in [-0.3, -0.25) is 9.69 Å². The molecular formula is C20H23ClN2O2. The predicted molar refractivity (Wildman–Crippen MR) is 101 cm³/mol. The van der Waals surface area contributed by atoms with Crippen molar-refractivity contribution in [2.45, 2.75) is 26.4 Å². The maximum absolute atomic E-state index is 13.0. The van der Waals surface area contributed by atoms with E-state index in [1.165, 1.54) is 11.1 Å². The standard InChI is InChI=1S/C20H23ClN2O2/c1-14-5-4-6-16(11-14)13-22-9-10-23(20(24)15(22)2)18-12-17(21)7-8-19(18)25-3/h4-8,11-12,15H,9-10,13H2,1-3H3. The van der Waals surface area contributed by atoms with E-state index in [0.29, 0.717) is 17.3 Å². The Kier molecular flexibility index (Phi) is 5.30. The number of ether oxygens (including phenoxy) is 1. The number of anilines is 1. The largest absolute Gasteiger partial charge is 0.495 e. The number of hydrogen-bond donors (Lipinski definition) is 0. The van der Waals surface area contributed by atoms with E-state index in [4.69, 9.17) is 16.3 Å². The van der Waals surface area contributed by atoms with Crippen LogP contribution in [0.3, 0.4) is 0 Å². The van der Waals surface area contributed by atoms with Gasteiger partial charge in [0.25, 0.3) is 0 Å². The molecule has 3 rings (SSSR count). The second-order valence-electron chi connectivity index (χ2n) is 6.44. The first-order valence-corrected chi connectivity index (χ1v) is 8.82. The van der Waals surface area contributed by atoms with E-state index in [-0.39, 0.29) is 11.9 Å². The van der Waals surface area contributed by atoms with Gasteiger partial charge in [-0.2, -0.15) is 0 Å². The van der Waals surface area contributed by atoms with Gasteiger partial charge in [0.2, 0.25) is 5.91 Å². The molecule has 1 heterocycles. The number of aryl methyl sites for hydroxylation is 1. The van der Waals surface area contributed by atoms with E-state index in [2.05, 4.69) is 36.1 Å². The van der Waals surface area contributed by atoms with Crippen molar-refractivity contribution in [2.24, 2.45) is 0 Å². The molecule has 0 aromatic heterocycles. The van der Waals surface area contributed by atoms with Crippen molar-refractivity contribution in [3.63, 3.8) is 0 Å². The summed E-state index contributed by atoms with van der Waals surface area (Å²) in [6, 6.07) is 13.6. The van der Waals surface area contributed by atoms with Crippen LogP contribution in [0.5, 0.6) is 5.75 Å². The number of carbonyl (C=O) groups is 1. The molecule has 4 nitrogen and oxygen atoms in total. The molecule has 1 aliphatic heterocycles. The zero-order valence-electron chi connectivity index (χ0n) is 14.8. The Hall–Kier alpha value is -2.04. The molecule has 0 aliphatic carbocycles. The summed E-state index contributed by atoms with van der Waals surface area (Å²) in [6.45, 7) is 6.24. The summed E-state index contributed by atoms with van der Waals surface area (Å²) in [4.78, 5) is 17.0. The van der Waals surface area contributed by atoms with E-state index >= 15 is 0 Å². The average Bonchev–Trinajstić information content (AvgIpc) is 2.59. The molecule has 2 aromatic rings. The first kappa shape index (κ1) is 17.8. The van der Waals surface area contributed by atoms with Crippen LogP contribution in [0.2, 0.25) is 5.02 Å². The average molecular weight is 359 g/mol. The van der Waals surface area contributed by atoms with Crippen LogP contribution in [0.4, 0.5) is 5.69 Å². The van der Waals surface area contributed by atoms with Crippen molar-refractivity contribution >= 4 is 23.2 Å². The number of carbonyl (C=O) groups excluding carboxylic acids is 1. The van der Waals surface area contributed by atoms with Crippen molar-refractivity contribution in [3.05, 3.63) is 58.6 Å². The van der Waals surface area contributed by atoms with Gasteiger partial charge >= 0.3 is 0 Å². The third-order valence-electron chi connectivity index (χ3n) is 4.68. The first-order chi connectivity index (χ1) is 12.0. The highest BCUT2D eigenvalue weighted by atomic mass is 35.5. The molecule has 0 radical (unpaired) electrons. The molecule has 0 N–H and O–H groups in total. The Morgan fingerprint density at radius 2 is 2.00 bits per heavy atom. The molecule has 1 aliphatic rings. The fraction of sp³-hybridized carbons (Fsp3) is 0.350. The van der Waals surface area contributed by atoms with Crippen molar-refractivity contribution < 1.29 is 9.53 Å². The zero-order valence-corrected chi connectivity index (χ0v) is 15.6. The molecule has 1 unspecified atom stereocenters. The Balaban J connectivity index is 1.79. The molecule has 1 amide bonds. The summed E-state index contributed by atoms with van der Waals surface area (Å²) < 4.78 is 5.41. The van der Waals surface area contributed by atoms with Crippen LogP contribution in [0.15, 0.2) is 42.5 Å². The molecule has 132 valence electrons. The minimum atomic E-state index is -0.196. The third kappa shape index (κ3) is 3.80. The van der Waals surface area contributed by atoms with Crippen molar-refractivity contribution in [1.82, 2.24) is 4.90 Å². The third-order valence-corrected chi connectivity index (χ3v) is 4.92. The maximum atomic E-state index is 13.0. The number of nitrogens with zero attached hydrogens (tertiary/aromatic N) is 2. The Morgan fingerprint density at radius 1 is 1.20 bits per heavy atom. The lowest BCUT2D eigenvalue weighted by atomic mass is 10.1. The summed E-state index contributed by atoms with van der Waals surface area (Å²) in [5, 5.41) is 0.596. The highest BCUT2D eigenvalue weighted by Crippen LogP contribution is 2.33. The molecule has 1 saturated heterocycles. The predicted octanol–water partition coefficient (Wildman–Crippen LogP) is 3.89. The highest BCUT2D eigenvalue weighted by molar-refractivity contribution is 6.31. The number of hydrogen-bond acceptors (Lipinski definition) is 3. The number of rotatable bonds is 4. The van der Waals surface area contributed by atoms with Gasteiger partial charge in [0, 0.05) is 24.7 Å². The summed E-state index contributed by atoms with van der Waals surface area (Å²) >= 11 is 6.12. The van der Waals surface area contributed by atoms with Crippen LogP contribution >= 0.6 is 11.6 Å². The quantitative estimate of drug-likeness (QED) is 0.831. The molecule has 5 heteroatoms. The molecule has 1 fully saturated rings. The Morgan fingerprint density at radius 3 is 2.72 bits per heavy atom. The van der Waals surface area contributed by atoms with Crippen LogP contribution in [0.1, 0.15) is 18.1 Å². The lowest BCUT2D eigenvalue weighted by Gasteiger charge is -2.39. The lowest BCUT2D eigenvalue weighted by molar-refractivity contribution is -0.125. The summed E-state index contributed by atoms with van der Waals surface area (Å²) in [7, 11) is 1.61. The smallest absolute Gasteiger partial charge is 0.244 e. The number of halogens is 1. The topological polar surface area (TPSA) is 32.8 Å². The van der Waals surface area contributed by atoms with Gasteiger partial charge in [0.05, 0.1) is 18.8 Å². The fourth-order valence-corrected chi connectivity index (χ4v) is 3.45. The number of piperazine rings is 1. The number of amides is 1. The minimum Gasteiger partial charge on any atom is -0.495 e. The second-order valence-corrected chi connectivity index (χ2v) is 6.88. The monoisotopic (exact) mass is 358 g/mol. The van der Waals surface area contributed by atoms with Gasteiger partial charge in [0.15, 0.2) is 0 Å². The van der Waals surface area contributed by atoms with E-state index in [1.54, 1.807) is 30.2 Å². The van der Waals surface area contributed by atoms with Crippen molar-refractivity contribution in [2.75, 3.05) is 25.1 Å². The Labute approximate surface area is 154 Å². The van der Waals surface area contributed by atoms with Crippen LogP contribution in [0.25, 0.3) is 0 Å². The highest BCUT2D eigenvalue weighted by Gasteiger charge is 2.33. The summed E-state index contributed by atoms with van der Waals surface area (Å²) in [6.07, 6.45) is 0. The lowest BCUT2D eigenvalue weighted by Crippen LogP contribution is -2.55. The Bertz CT molecular complexity index is 778. The van der Waals surface area contributed by atoms with E-state index in [1.807, 2.05) is 6.92 Å². The van der Waals surface area contributed by atoms with Gasteiger partial charge < -0.3 is 9.64 Å². The maximum Gasteiger partial charge on any atom is 0.244 e. The molecule has 0 bridgehead atoms. The van der Waals surface area contributed by atoms with E-state index < -0.39 is 0 Å². The van der Waals surface area contributed by atoms with E-state index in [9.17, 15) is 4.79 Å². The SMILES string of the molecule is COc1ccc(Cl)cc1N1CCN(Cc2cccc(C)c2)C(C)C1=O. The van der Waals surface area contributed by atoms with Gasteiger partial charge in [-0.1, -0.05) is 41.4 Å². The molecule has 0 saturated carbocycles. The van der Waals surface area contributed by atoms with Crippen molar-refractivity contribution in [3.8, 4) is 5.75 Å². The normalized spacial score (nSPS) is 18.5. The summed E-state index contributed by atoms with van der Waals surface area (Å²) in [5.74, 6) is 0.733. The van der Waals surface area contributed by atoms with Crippen LogP contribution in [-0.4, -0.2) is 37.0 Å². The fourth-order valence-electron chi connectivity index (χ4n) is 3.29. The number of benzene rings is 2. The molecule has 25 heavy (non-hydrogen) atoms. The molecule has 2 aromatic carbocycles.